The predicted molar refractivity (Wildman–Crippen MR) is 84.5 cm³/mol. The van der Waals surface area contributed by atoms with E-state index in [4.69, 9.17) is 9.47 Å². The molecule has 0 bridgehead atoms. The molecule has 3 nitrogen and oxygen atoms in total. The van der Waals surface area contributed by atoms with Crippen molar-refractivity contribution < 1.29 is 9.47 Å². The Hall–Kier alpha value is -1.06. The first-order chi connectivity index (χ1) is 9.47. The van der Waals surface area contributed by atoms with Crippen LogP contribution in [0.5, 0.6) is 5.75 Å². The smallest absolute Gasteiger partial charge is 0.126 e. The molecule has 1 rings (SSSR count). The number of likely N-dealkylation sites (N-methyl/N-ethyl adjacent to an activating group) is 1. The third kappa shape index (κ3) is 3.53. The molecule has 0 aromatic heterocycles. The topological polar surface area (TPSA) is 30.5 Å². The second kappa shape index (κ2) is 7.65. The van der Waals surface area contributed by atoms with Crippen LogP contribution in [0, 0.1) is 19.8 Å². The second-order valence-electron chi connectivity index (χ2n) is 5.61. The Morgan fingerprint density at radius 1 is 1.15 bits per heavy atom. The number of hydrogen-bond donors (Lipinski definition) is 1. The average molecular weight is 279 g/mol. The summed E-state index contributed by atoms with van der Waals surface area (Å²) in [7, 11) is 3.52. The number of aryl methyl sites for hydroxylation is 1. The summed E-state index contributed by atoms with van der Waals surface area (Å²) in [6.45, 7) is 11.6. The van der Waals surface area contributed by atoms with E-state index in [0.29, 0.717) is 5.92 Å². The maximum atomic E-state index is 5.73. The fraction of sp³-hybridized carbons (Fsp3) is 0.647. The quantitative estimate of drug-likeness (QED) is 0.826. The van der Waals surface area contributed by atoms with Gasteiger partial charge in [-0.1, -0.05) is 32.9 Å². The zero-order valence-corrected chi connectivity index (χ0v) is 13.9. The summed E-state index contributed by atoms with van der Waals surface area (Å²) >= 11 is 0. The molecule has 2 unspecified atom stereocenters. The van der Waals surface area contributed by atoms with Crippen LogP contribution in [0.25, 0.3) is 0 Å². The highest BCUT2D eigenvalue weighted by Gasteiger charge is 2.28. The Morgan fingerprint density at radius 2 is 1.80 bits per heavy atom. The highest BCUT2D eigenvalue weighted by molar-refractivity contribution is 5.47. The molecule has 0 saturated heterocycles. The maximum Gasteiger partial charge on any atom is 0.126 e. The molecule has 0 fully saturated rings. The molecule has 0 amide bonds. The summed E-state index contributed by atoms with van der Waals surface area (Å²) in [4.78, 5) is 0. The van der Waals surface area contributed by atoms with Gasteiger partial charge in [-0.2, -0.15) is 0 Å². The summed E-state index contributed by atoms with van der Waals surface area (Å²) in [6.07, 6.45) is 0.117. The Bertz CT molecular complexity index is 429. The molecule has 20 heavy (non-hydrogen) atoms. The Morgan fingerprint density at radius 3 is 2.25 bits per heavy atom. The summed E-state index contributed by atoms with van der Waals surface area (Å²) in [5, 5.41) is 3.55. The lowest BCUT2D eigenvalue weighted by molar-refractivity contribution is 0.0324. The van der Waals surface area contributed by atoms with E-state index in [0.717, 1.165) is 12.3 Å². The number of benzene rings is 1. The van der Waals surface area contributed by atoms with Crippen LogP contribution in [0.2, 0.25) is 0 Å². The van der Waals surface area contributed by atoms with E-state index in [9.17, 15) is 0 Å². The van der Waals surface area contributed by atoms with Gasteiger partial charge in [-0.05, 0) is 37.4 Å². The van der Waals surface area contributed by atoms with Crippen LogP contribution in [-0.2, 0) is 4.74 Å². The van der Waals surface area contributed by atoms with E-state index in [-0.39, 0.29) is 12.1 Å². The standard InChI is InChI=1S/C17H29NO2/c1-8-18-15(16(19-6)11(2)3)14-10-9-12(4)13(5)17(14)20-7/h9-11,15-16,18H,8H2,1-7H3. The minimum atomic E-state index is 0.117. The van der Waals surface area contributed by atoms with Gasteiger partial charge >= 0.3 is 0 Å². The minimum absolute atomic E-state index is 0.117. The molecule has 1 aromatic rings. The van der Waals surface area contributed by atoms with Gasteiger partial charge in [0.25, 0.3) is 0 Å². The van der Waals surface area contributed by atoms with Gasteiger partial charge in [0.05, 0.1) is 19.3 Å². The number of methoxy groups -OCH3 is 2. The van der Waals surface area contributed by atoms with E-state index in [1.165, 1.54) is 16.7 Å². The SMILES string of the molecule is CCNC(c1ccc(C)c(C)c1OC)C(OC)C(C)C. The van der Waals surface area contributed by atoms with Crippen molar-refractivity contribution >= 4 is 0 Å². The van der Waals surface area contributed by atoms with Crippen molar-refractivity contribution in [2.24, 2.45) is 5.92 Å². The largest absolute Gasteiger partial charge is 0.496 e. The zero-order valence-electron chi connectivity index (χ0n) is 13.9. The fourth-order valence-corrected chi connectivity index (χ4v) is 2.74. The highest BCUT2D eigenvalue weighted by atomic mass is 16.5. The lowest BCUT2D eigenvalue weighted by Gasteiger charge is -2.31. The minimum Gasteiger partial charge on any atom is -0.496 e. The Balaban J connectivity index is 3.31. The van der Waals surface area contributed by atoms with Gasteiger partial charge in [-0.25, -0.2) is 0 Å². The van der Waals surface area contributed by atoms with Gasteiger partial charge in [0.2, 0.25) is 0 Å². The normalized spacial score (nSPS) is 14.4. The molecular weight excluding hydrogens is 250 g/mol. The van der Waals surface area contributed by atoms with Crippen LogP contribution in [-0.4, -0.2) is 26.9 Å². The van der Waals surface area contributed by atoms with Crippen molar-refractivity contribution in [1.82, 2.24) is 5.32 Å². The first-order valence-corrected chi connectivity index (χ1v) is 7.38. The van der Waals surface area contributed by atoms with Gasteiger partial charge in [0, 0.05) is 12.7 Å². The van der Waals surface area contributed by atoms with Crippen LogP contribution < -0.4 is 10.1 Å². The first kappa shape index (κ1) is 17.0. The summed E-state index contributed by atoms with van der Waals surface area (Å²) in [5.74, 6) is 1.40. The van der Waals surface area contributed by atoms with E-state index in [1.807, 2.05) is 0 Å². The van der Waals surface area contributed by atoms with Gasteiger partial charge in [0.15, 0.2) is 0 Å². The molecule has 0 aliphatic rings. The molecule has 2 atom stereocenters. The monoisotopic (exact) mass is 279 g/mol. The van der Waals surface area contributed by atoms with Gasteiger partial charge in [-0.15, -0.1) is 0 Å². The van der Waals surface area contributed by atoms with Crippen molar-refractivity contribution in [3.05, 3.63) is 28.8 Å². The van der Waals surface area contributed by atoms with Crippen LogP contribution in [0.4, 0.5) is 0 Å². The summed E-state index contributed by atoms with van der Waals surface area (Å²) in [6, 6.07) is 4.45. The van der Waals surface area contributed by atoms with Crippen molar-refractivity contribution in [3.8, 4) is 5.75 Å². The highest BCUT2D eigenvalue weighted by Crippen LogP contribution is 2.34. The Labute approximate surface area is 123 Å². The maximum absolute atomic E-state index is 5.73. The van der Waals surface area contributed by atoms with Crippen LogP contribution in [0.3, 0.4) is 0 Å². The number of nitrogens with one attached hydrogen (secondary N) is 1. The second-order valence-corrected chi connectivity index (χ2v) is 5.61. The van der Waals surface area contributed by atoms with Crippen molar-refractivity contribution in [3.63, 3.8) is 0 Å². The summed E-state index contributed by atoms with van der Waals surface area (Å²) < 4.78 is 11.4. The molecular formula is C17H29NO2. The average Bonchev–Trinajstić information content (AvgIpc) is 2.41. The summed E-state index contributed by atoms with van der Waals surface area (Å²) in [5.41, 5.74) is 3.63. The molecule has 0 heterocycles. The molecule has 0 aliphatic heterocycles. The number of rotatable bonds is 7. The fourth-order valence-electron chi connectivity index (χ4n) is 2.74. The van der Waals surface area contributed by atoms with Crippen molar-refractivity contribution in [2.45, 2.75) is 46.8 Å². The van der Waals surface area contributed by atoms with Gasteiger partial charge < -0.3 is 14.8 Å². The van der Waals surface area contributed by atoms with Crippen molar-refractivity contribution in [2.75, 3.05) is 20.8 Å². The molecule has 1 N–H and O–H groups in total. The van der Waals surface area contributed by atoms with Gasteiger partial charge in [0.1, 0.15) is 5.75 Å². The van der Waals surface area contributed by atoms with Crippen LogP contribution in [0.15, 0.2) is 12.1 Å². The van der Waals surface area contributed by atoms with Crippen LogP contribution in [0.1, 0.15) is 43.5 Å². The molecule has 0 radical (unpaired) electrons. The third-order valence-electron chi connectivity index (χ3n) is 3.93. The molecule has 114 valence electrons. The first-order valence-electron chi connectivity index (χ1n) is 7.38. The van der Waals surface area contributed by atoms with E-state index >= 15 is 0 Å². The molecule has 0 aliphatic carbocycles. The van der Waals surface area contributed by atoms with E-state index < -0.39 is 0 Å². The molecule has 1 aromatic carbocycles. The van der Waals surface area contributed by atoms with Gasteiger partial charge in [-0.3, -0.25) is 0 Å². The number of ether oxygens (including phenoxy) is 2. The van der Waals surface area contributed by atoms with Crippen molar-refractivity contribution in [1.29, 1.82) is 0 Å². The molecule has 0 saturated carbocycles. The number of hydrogen-bond acceptors (Lipinski definition) is 3. The predicted octanol–water partition coefficient (Wildman–Crippen LogP) is 3.63. The zero-order chi connectivity index (χ0) is 15.3. The van der Waals surface area contributed by atoms with E-state index in [1.54, 1.807) is 14.2 Å². The van der Waals surface area contributed by atoms with Crippen LogP contribution >= 0.6 is 0 Å². The lowest BCUT2D eigenvalue weighted by atomic mass is 9.90. The van der Waals surface area contributed by atoms with E-state index in [2.05, 4.69) is 52.1 Å². The molecule has 3 heteroatoms. The molecule has 0 spiro atoms. The third-order valence-corrected chi connectivity index (χ3v) is 3.93. The lowest BCUT2D eigenvalue weighted by Crippen LogP contribution is -2.37. The Kier molecular flexibility index (Phi) is 6.50.